The van der Waals surface area contributed by atoms with Gasteiger partial charge in [-0.05, 0) is 33.1 Å². The number of likely N-dealkylation sites (N-methyl/N-ethyl adjacent to an activating group) is 1. The monoisotopic (exact) mass is 349 g/mol. The summed E-state index contributed by atoms with van der Waals surface area (Å²) in [6, 6.07) is 0.141. The van der Waals surface area contributed by atoms with Gasteiger partial charge in [-0.25, -0.2) is 4.98 Å². The molecule has 1 spiro atoms. The van der Waals surface area contributed by atoms with Gasteiger partial charge in [0.1, 0.15) is 4.88 Å². The van der Waals surface area contributed by atoms with Crippen LogP contribution in [0.1, 0.15) is 67.7 Å². The minimum Gasteiger partial charge on any atom is -0.338 e. The van der Waals surface area contributed by atoms with Crippen LogP contribution < -0.4 is 0 Å². The van der Waals surface area contributed by atoms with E-state index < -0.39 is 0 Å². The van der Waals surface area contributed by atoms with Crippen LogP contribution in [-0.4, -0.2) is 51.3 Å². The number of rotatable bonds is 3. The number of carbonyl (C=O) groups excluding carboxylic acids is 2. The lowest BCUT2D eigenvalue weighted by Gasteiger charge is -2.41. The van der Waals surface area contributed by atoms with E-state index in [1.54, 1.807) is 12.4 Å². The van der Waals surface area contributed by atoms with Crippen molar-refractivity contribution in [3.8, 4) is 0 Å². The van der Waals surface area contributed by atoms with Gasteiger partial charge in [0, 0.05) is 25.6 Å². The number of hydrogen-bond donors (Lipinski definition) is 0. The highest BCUT2D eigenvalue weighted by atomic mass is 32.1. The third kappa shape index (κ3) is 2.96. The van der Waals surface area contributed by atoms with Crippen molar-refractivity contribution in [1.82, 2.24) is 14.8 Å². The van der Waals surface area contributed by atoms with Crippen LogP contribution in [0.5, 0.6) is 0 Å². The van der Waals surface area contributed by atoms with Gasteiger partial charge < -0.3 is 9.80 Å². The summed E-state index contributed by atoms with van der Waals surface area (Å²) in [6.07, 6.45) is 6.63. The average Bonchev–Trinajstić information content (AvgIpc) is 3.12. The first-order valence-electron chi connectivity index (χ1n) is 8.98. The highest BCUT2D eigenvalue weighted by molar-refractivity contribution is 7.11. The van der Waals surface area contributed by atoms with Gasteiger partial charge in [-0.3, -0.25) is 9.59 Å². The van der Waals surface area contributed by atoms with Gasteiger partial charge >= 0.3 is 0 Å². The number of aromatic nitrogens is 1. The summed E-state index contributed by atoms with van der Waals surface area (Å²) in [4.78, 5) is 34.3. The molecule has 1 aliphatic heterocycles. The van der Waals surface area contributed by atoms with E-state index in [0.29, 0.717) is 13.1 Å². The van der Waals surface area contributed by atoms with Crippen molar-refractivity contribution in [3.05, 3.63) is 16.1 Å². The van der Waals surface area contributed by atoms with E-state index >= 15 is 0 Å². The Hall–Kier alpha value is -1.43. The van der Waals surface area contributed by atoms with Gasteiger partial charge in [-0.2, -0.15) is 0 Å². The summed E-state index contributed by atoms with van der Waals surface area (Å²) in [5.41, 5.74) is 2.50. The molecule has 1 aliphatic carbocycles. The van der Waals surface area contributed by atoms with E-state index in [9.17, 15) is 9.59 Å². The van der Waals surface area contributed by atoms with Crippen LogP contribution in [0.4, 0.5) is 0 Å². The zero-order valence-corrected chi connectivity index (χ0v) is 15.7. The molecule has 3 rings (SSSR count). The van der Waals surface area contributed by atoms with Crippen LogP contribution in [0, 0.1) is 6.92 Å². The molecule has 0 N–H and O–H groups in total. The first kappa shape index (κ1) is 17.4. The third-order valence-corrected chi connectivity index (χ3v) is 6.65. The zero-order chi connectivity index (χ0) is 17.3. The second kappa shape index (κ2) is 6.82. The standard InChI is InChI=1S/C18H27N3O2S/c1-4-20(14(3)22)15-10-18(8-6-5-7-9-18)21(11-15)17(23)16-13(2)19-12-24-16/h12,15H,4-11H2,1-3H3/t15-/m1/s1. The summed E-state index contributed by atoms with van der Waals surface area (Å²) < 4.78 is 0. The number of nitrogens with zero attached hydrogens (tertiary/aromatic N) is 3. The number of amides is 2. The Morgan fingerprint density at radius 3 is 2.62 bits per heavy atom. The molecule has 5 nitrogen and oxygen atoms in total. The van der Waals surface area contributed by atoms with Gasteiger partial charge in [0.2, 0.25) is 5.91 Å². The molecule has 24 heavy (non-hydrogen) atoms. The summed E-state index contributed by atoms with van der Waals surface area (Å²) in [6.45, 7) is 6.92. The first-order valence-corrected chi connectivity index (χ1v) is 9.86. The van der Waals surface area contributed by atoms with E-state index in [4.69, 9.17) is 0 Å². The van der Waals surface area contributed by atoms with Gasteiger partial charge in [0.05, 0.1) is 17.2 Å². The molecule has 1 aromatic rings. The van der Waals surface area contributed by atoms with Crippen molar-refractivity contribution >= 4 is 23.2 Å². The van der Waals surface area contributed by atoms with Crippen LogP contribution in [-0.2, 0) is 4.79 Å². The Morgan fingerprint density at radius 2 is 2.08 bits per heavy atom. The molecule has 2 fully saturated rings. The SMILES string of the molecule is CCN(C(C)=O)[C@H]1CN(C(=O)c2scnc2C)C2(CCCCC2)C1. The quantitative estimate of drug-likeness (QED) is 0.842. The van der Waals surface area contributed by atoms with Crippen molar-refractivity contribution in [1.29, 1.82) is 0 Å². The lowest BCUT2D eigenvalue weighted by molar-refractivity contribution is -0.130. The van der Waals surface area contributed by atoms with Crippen LogP contribution in [0.25, 0.3) is 0 Å². The van der Waals surface area contributed by atoms with Crippen molar-refractivity contribution in [2.75, 3.05) is 13.1 Å². The molecule has 0 bridgehead atoms. The normalized spacial score (nSPS) is 22.8. The van der Waals surface area contributed by atoms with E-state index in [1.807, 2.05) is 18.7 Å². The van der Waals surface area contributed by atoms with Crippen LogP contribution >= 0.6 is 11.3 Å². The predicted octanol–water partition coefficient (Wildman–Crippen LogP) is 3.24. The van der Waals surface area contributed by atoms with Gasteiger partial charge in [0.25, 0.3) is 5.91 Å². The van der Waals surface area contributed by atoms with Crippen molar-refractivity contribution in [2.45, 2.75) is 70.9 Å². The molecule has 1 aromatic heterocycles. The van der Waals surface area contributed by atoms with Crippen molar-refractivity contribution in [3.63, 3.8) is 0 Å². The minimum atomic E-state index is -0.0701. The zero-order valence-electron chi connectivity index (χ0n) is 14.9. The van der Waals surface area contributed by atoms with Gasteiger partial charge in [-0.1, -0.05) is 19.3 Å². The third-order valence-electron chi connectivity index (χ3n) is 5.74. The van der Waals surface area contributed by atoms with E-state index in [2.05, 4.69) is 9.88 Å². The fourth-order valence-corrected chi connectivity index (χ4v) is 5.33. The number of hydrogen-bond acceptors (Lipinski definition) is 4. The Bertz CT molecular complexity index is 622. The molecule has 132 valence electrons. The van der Waals surface area contributed by atoms with Gasteiger partial charge in [0.15, 0.2) is 0 Å². The van der Waals surface area contributed by atoms with E-state index in [1.165, 1.54) is 30.6 Å². The summed E-state index contributed by atoms with van der Waals surface area (Å²) in [7, 11) is 0. The van der Waals surface area contributed by atoms with Crippen molar-refractivity contribution < 1.29 is 9.59 Å². The average molecular weight is 350 g/mol. The fourth-order valence-electron chi connectivity index (χ4n) is 4.58. The lowest BCUT2D eigenvalue weighted by atomic mass is 9.79. The molecule has 0 unspecified atom stereocenters. The van der Waals surface area contributed by atoms with Crippen molar-refractivity contribution in [2.24, 2.45) is 0 Å². The number of likely N-dealkylation sites (tertiary alicyclic amines) is 1. The molecular formula is C18H27N3O2S. The lowest BCUT2D eigenvalue weighted by Crippen LogP contribution is -2.48. The van der Waals surface area contributed by atoms with Crippen LogP contribution in [0.3, 0.4) is 0 Å². The maximum Gasteiger partial charge on any atom is 0.266 e. The Morgan fingerprint density at radius 1 is 1.38 bits per heavy atom. The molecule has 2 amide bonds. The molecule has 0 aromatic carbocycles. The maximum atomic E-state index is 13.2. The molecule has 2 aliphatic rings. The Balaban J connectivity index is 1.91. The number of carbonyl (C=O) groups is 2. The molecule has 1 atom stereocenters. The molecule has 1 saturated carbocycles. The largest absolute Gasteiger partial charge is 0.338 e. The summed E-state index contributed by atoms with van der Waals surface area (Å²) in [5.74, 6) is 0.218. The predicted molar refractivity (Wildman–Crippen MR) is 95.2 cm³/mol. The maximum absolute atomic E-state index is 13.2. The van der Waals surface area contributed by atoms with Crippen LogP contribution in [0.2, 0.25) is 0 Å². The highest BCUT2D eigenvalue weighted by Gasteiger charge is 2.50. The number of aryl methyl sites for hydroxylation is 1. The van der Waals surface area contributed by atoms with E-state index in [0.717, 1.165) is 29.8 Å². The topological polar surface area (TPSA) is 53.5 Å². The second-order valence-corrected chi connectivity index (χ2v) is 7.99. The molecule has 1 saturated heterocycles. The Labute approximate surface area is 148 Å². The van der Waals surface area contributed by atoms with Crippen LogP contribution in [0.15, 0.2) is 5.51 Å². The fraction of sp³-hybridized carbons (Fsp3) is 0.722. The molecular weight excluding hydrogens is 322 g/mol. The summed E-state index contributed by atoms with van der Waals surface area (Å²) >= 11 is 1.43. The molecule has 0 radical (unpaired) electrons. The van der Waals surface area contributed by atoms with E-state index in [-0.39, 0.29) is 23.4 Å². The smallest absolute Gasteiger partial charge is 0.266 e. The molecule has 6 heteroatoms. The second-order valence-electron chi connectivity index (χ2n) is 7.13. The first-order chi connectivity index (χ1) is 11.5. The minimum absolute atomic E-state index is 0.0701. The molecule has 2 heterocycles. The summed E-state index contributed by atoms with van der Waals surface area (Å²) in [5, 5.41) is 0. The number of thiazole rings is 1. The Kier molecular flexibility index (Phi) is 4.95. The highest BCUT2D eigenvalue weighted by Crippen LogP contribution is 2.44. The van der Waals surface area contributed by atoms with Gasteiger partial charge in [-0.15, -0.1) is 11.3 Å².